The highest BCUT2D eigenvalue weighted by Crippen LogP contribution is 2.42. The number of amides is 1. The molecule has 1 N–H and O–H groups in total. The van der Waals surface area contributed by atoms with Crippen LogP contribution in [0.25, 0.3) is 0 Å². The van der Waals surface area contributed by atoms with E-state index in [1.54, 1.807) is 18.5 Å². The molecule has 0 radical (unpaired) electrons. The Morgan fingerprint density at radius 3 is 3.00 bits per heavy atom. The number of hydrogen-bond donors (Lipinski definition) is 1. The van der Waals surface area contributed by atoms with Gasteiger partial charge in [0, 0.05) is 18.9 Å². The number of nitriles is 1. The van der Waals surface area contributed by atoms with Crippen LogP contribution in [0.15, 0.2) is 18.5 Å². The highest BCUT2D eigenvalue weighted by atomic mass is 16.1. The molecular formula is C11H13N3O. The molecule has 1 aromatic heterocycles. The van der Waals surface area contributed by atoms with Crippen LogP contribution in [-0.2, 0) is 5.54 Å². The third kappa shape index (κ3) is 1.61. The van der Waals surface area contributed by atoms with Crippen LogP contribution in [0.5, 0.6) is 0 Å². The fourth-order valence-electron chi connectivity index (χ4n) is 1.61. The van der Waals surface area contributed by atoms with Crippen LogP contribution in [0, 0.1) is 11.3 Å². The van der Waals surface area contributed by atoms with Crippen LogP contribution in [0.2, 0.25) is 0 Å². The van der Waals surface area contributed by atoms with Gasteiger partial charge in [0.1, 0.15) is 5.54 Å². The van der Waals surface area contributed by atoms with Crippen LogP contribution in [0.3, 0.4) is 0 Å². The van der Waals surface area contributed by atoms with E-state index in [1.165, 1.54) is 0 Å². The van der Waals surface area contributed by atoms with Gasteiger partial charge in [-0.15, -0.1) is 0 Å². The summed E-state index contributed by atoms with van der Waals surface area (Å²) in [4.78, 5) is 11.5. The fourth-order valence-corrected chi connectivity index (χ4v) is 1.61. The topological polar surface area (TPSA) is 57.8 Å². The Morgan fingerprint density at radius 2 is 2.47 bits per heavy atom. The quantitative estimate of drug-likeness (QED) is 0.803. The van der Waals surface area contributed by atoms with Crippen molar-refractivity contribution in [1.29, 1.82) is 5.26 Å². The minimum absolute atomic E-state index is 0.0787. The summed E-state index contributed by atoms with van der Waals surface area (Å²) in [5.41, 5.74) is 0.253. The lowest BCUT2D eigenvalue weighted by Crippen LogP contribution is -2.22. The van der Waals surface area contributed by atoms with Crippen LogP contribution >= 0.6 is 0 Å². The van der Waals surface area contributed by atoms with E-state index in [4.69, 9.17) is 5.26 Å². The Hall–Kier alpha value is -1.76. The lowest BCUT2D eigenvalue weighted by atomic mass is 10.3. The van der Waals surface area contributed by atoms with E-state index in [1.807, 2.05) is 11.5 Å². The maximum atomic E-state index is 11.5. The van der Waals surface area contributed by atoms with Crippen molar-refractivity contribution in [3.63, 3.8) is 0 Å². The lowest BCUT2D eigenvalue weighted by molar-refractivity contribution is 0.0956. The molecule has 15 heavy (non-hydrogen) atoms. The number of aromatic nitrogens is 1. The Balaban J connectivity index is 2.18. The predicted molar refractivity (Wildman–Crippen MR) is 55.3 cm³/mol. The van der Waals surface area contributed by atoms with E-state index in [2.05, 4.69) is 11.4 Å². The zero-order valence-electron chi connectivity index (χ0n) is 8.66. The highest BCUT2D eigenvalue weighted by Gasteiger charge is 2.44. The summed E-state index contributed by atoms with van der Waals surface area (Å²) >= 11 is 0. The van der Waals surface area contributed by atoms with Gasteiger partial charge in [0.15, 0.2) is 0 Å². The second-order valence-electron chi connectivity index (χ2n) is 3.81. The molecule has 1 aliphatic carbocycles. The Kier molecular flexibility index (Phi) is 2.24. The van der Waals surface area contributed by atoms with Crippen molar-refractivity contribution in [3.05, 3.63) is 24.0 Å². The minimum atomic E-state index is -0.370. The molecule has 1 heterocycles. The first-order valence-electron chi connectivity index (χ1n) is 5.10. The van der Waals surface area contributed by atoms with Crippen molar-refractivity contribution < 1.29 is 4.79 Å². The van der Waals surface area contributed by atoms with Gasteiger partial charge in [0.05, 0.1) is 11.6 Å². The second-order valence-corrected chi connectivity index (χ2v) is 3.81. The molecule has 1 amide bonds. The van der Waals surface area contributed by atoms with Crippen LogP contribution < -0.4 is 5.32 Å². The molecule has 1 fully saturated rings. The largest absolute Gasteiger partial charge is 0.352 e. The van der Waals surface area contributed by atoms with Gasteiger partial charge in [-0.25, -0.2) is 0 Å². The Morgan fingerprint density at radius 1 is 1.73 bits per heavy atom. The van der Waals surface area contributed by atoms with E-state index in [0.717, 1.165) is 12.8 Å². The van der Waals surface area contributed by atoms with Crippen molar-refractivity contribution in [2.45, 2.75) is 25.3 Å². The molecule has 78 valence electrons. The summed E-state index contributed by atoms with van der Waals surface area (Å²) in [7, 11) is 0. The summed E-state index contributed by atoms with van der Waals surface area (Å²) < 4.78 is 1.84. The van der Waals surface area contributed by atoms with Gasteiger partial charge in [0.25, 0.3) is 5.91 Å². The van der Waals surface area contributed by atoms with Crippen LogP contribution in [0.4, 0.5) is 0 Å². The van der Waals surface area contributed by atoms with E-state index in [0.29, 0.717) is 12.1 Å². The normalized spacial score (nSPS) is 16.8. The van der Waals surface area contributed by atoms with E-state index in [9.17, 15) is 4.79 Å². The number of rotatable bonds is 3. The van der Waals surface area contributed by atoms with Crippen molar-refractivity contribution in [2.75, 3.05) is 6.54 Å². The van der Waals surface area contributed by atoms with E-state index >= 15 is 0 Å². The first-order valence-corrected chi connectivity index (χ1v) is 5.10. The molecule has 0 bridgehead atoms. The average Bonchev–Trinajstić information content (AvgIpc) is 2.88. The monoisotopic (exact) mass is 203 g/mol. The van der Waals surface area contributed by atoms with Crippen molar-refractivity contribution in [2.24, 2.45) is 0 Å². The molecule has 4 nitrogen and oxygen atoms in total. The molecule has 4 heteroatoms. The average molecular weight is 203 g/mol. The molecular weight excluding hydrogens is 190 g/mol. The Labute approximate surface area is 88.5 Å². The third-order valence-electron chi connectivity index (χ3n) is 2.72. The number of carbonyl (C=O) groups excluding carboxylic acids is 1. The number of nitrogens with one attached hydrogen (secondary N) is 1. The maximum Gasteiger partial charge on any atom is 0.252 e. The second kappa shape index (κ2) is 3.43. The summed E-state index contributed by atoms with van der Waals surface area (Å²) in [6.07, 6.45) is 5.32. The lowest BCUT2D eigenvalue weighted by Gasteiger charge is -2.06. The van der Waals surface area contributed by atoms with Gasteiger partial charge in [-0.2, -0.15) is 5.26 Å². The van der Waals surface area contributed by atoms with Gasteiger partial charge < -0.3 is 9.88 Å². The smallest absolute Gasteiger partial charge is 0.252 e. The van der Waals surface area contributed by atoms with Gasteiger partial charge in [-0.3, -0.25) is 4.79 Å². The van der Waals surface area contributed by atoms with E-state index < -0.39 is 0 Å². The van der Waals surface area contributed by atoms with Crippen molar-refractivity contribution in [1.82, 2.24) is 9.88 Å². The van der Waals surface area contributed by atoms with Gasteiger partial charge in [-0.1, -0.05) is 0 Å². The minimum Gasteiger partial charge on any atom is -0.352 e. The standard InChI is InChI=1S/C11H13N3O/c1-2-13-10(15)9-3-6-14(7-9)11(8-12)4-5-11/h3,6-7H,2,4-5H2,1H3,(H,13,15). The molecule has 0 aromatic carbocycles. The molecule has 1 aliphatic rings. The number of hydrogen-bond acceptors (Lipinski definition) is 2. The van der Waals surface area contributed by atoms with Crippen LogP contribution in [-0.4, -0.2) is 17.0 Å². The maximum absolute atomic E-state index is 11.5. The molecule has 0 unspecified atom stereocenters. The zero-order chi connectivity index (χ0) is 10.9. The SMILES string of the molecule is CCNC(=O)c1ccn(C2(C#N)CC2)c1. The zero-order valence-corrected chi connectivity index (χ0v) is 8.66. The van der Waals surface area contributed by atoms with Crippen molar-refractivity contribution >= 4 is 5.91 Å². The van der Waals surface area contributed by atoms with Gasteiger partial charge in [-0.05, 0) is 25.8 Å². The summed E-state index contributed by atoms with van der Waals surface area (Å²) in [6.45, 7) is 2.50. The molecule has 1 aromatic rings. The first kappa shape index (κ1) is 9.78. The Bertz CT molecular complexity index is 423. The van der Waals surface area contributed by atoms with Gasteiger partial charge >= 0.3 is 0 Å². The molecule has 2 rings (SSSR count). The summed E-state index contributed by atoms with van der Waals surface area (Å²) in [5.74, 6) is -0.0787. The third-order valence-corrected chi connectivity index (χ3v) is 2.72. The van der Waals surface area contributed by atoms with Gasteiger partial charge in [0.2, 0.25) is 0 Å². The summed E-state index contributed by atoms with van der Waals surface area (Å²) in [6, 6.07) is 4.04. The fraction of sp³-hybridized carbons (Fsp3) is 0.455. The van der Waals surface area contributed by atoms with Crippen LogP contribution in [0.1, 0.15) is 30.1 Å². The first-order chi connectivity index (χ1) is 7.22. The molecule has 0 saturated heterocycles. The number of nitrogens with zero attached hydrogens (tertiary/aromatic N) is 2. The number of carbonyl (C=O) groups is 1. The summed E-state index contributed by atoms with van der Waals surface area (Å²) in [5, 5.41) is 11.7. The molecule has 1 saturated carbocycles. The predicted octanol–water partition coefficient (Wildman–Crippen LogP) is 1.25. The van der Waals surface area contributed by atoms with E-state index in [-0.39, 0.29) is 11.4 Å². The van der Waals surface area contributed by atoms with Crippen molar-refractivity contribution in [3.8, 4) is 6.07 Å². The molecule has 0 atom stereocenters. The molecule has 0 spiro atoms. The highest BCUT2D eigenvalue weighted by molar-refractivity contribution is 5.94. The molecule has 0 aliphatic heterocycles.